The average molecular weight is 423 g/mol. The van der Waals surface area contributed by atoms with Gasteiger partial charge < -0.3 is 9.32 Å². The molecule has 7 nitrogen and oxygen atoms in total. The van der Waals surface area contributed by atoms with E-state index in [1.807, 2.05) is 23.1 Å². The number of rotatable bonds is 4. The molecule has 2 amide bonds. The zero-order chi connectivity index (χ0) is 20.5. The summed E-state index contributed by atoms with van der Waals surface area (Å²) in [5.74, 6) is -0.0887. The van der Waals surface area contributed by atoms with Crippen LogP contribution in [0.25, 0.3) is 0 Å². The van der Waals surface area contributed by atoms with Crippen LogP contribution in [0.5, 0.6) is 0 Å². The standard InChI is InChI=1S/C22H22N4O3S/c27-20(26-9-3-5-15-4-1-2-6-18(15)26)13-25-10-7-17-19(12-25)30-22(23-17)24-21(28)16-8-11-29-14-16/h1-2,4,6,8,11,14H,3,5,7,9-10,12-13H2,(H,23,24,28). The minimum atomic E-state index is -0.231. The first-order valence-corrected chi connectivity index (χ1v) is 10.9. The second-order valence-corrected chi connectivity index (χ2v) is 8.68. The van der Waals surface area contributed by atoms with E-state index in [-0.39, 0.29) is 11.8 Å². The molecule has 0 aliphatic carbocycles. The van der Waals surface area contributed by atoms with Crippen LogP contribution < -0.4 is 10.2 Å². The minimum absolute atomic E-state index is 0.142. The van der Waals surface area contributed by atoms with Crippen LogP contribution in [0.4, 0.5) is 10.8 Å². The summed E-state index contributed by atoms with van der Waals surface area (Å²) in [6.07, 6.45) is 5.69. The molecule has 1 N–H and O–H groups in total. The number of benzene rings is 1. The van der Waals surface area contributed by atoms with Gasteiger partial charge in [-0.25, -0.2) is 4.98 Å². The molecule has 2 aliphatic rings. The van der Waals surface area contributed by atoms with Crippen molar-refractivity contribution in [3.8, 4) is 0 Å². The average Bonchev–Trinajstić information content (AvgIpc) is 3.42. The highest BCUT2D eigenvalue weighted by molar-refractivity contribution is 7.15. The fraction of sp³-hybridized carbons (Fsp3) is 0.318. The number of hydrogen-bond acceptors (Lipinski definition) is 6. The number of nitrogens with one attached hydrogen (secondary N) is 1. The van der Waals surface area contributed by atoms with Gasteiger partial charge in [0.1, 0.15) is 6.26 Å². The molecule has 0 radical (unpaired) electrons. The summed E-state index contributed by atoms with van der Waals surface area (Å²) in [6.45, 7) is 2.63. The lowest BCUT2D eigenvalue weighted by atomic mass is 10.0. The van der Waals surface area contributed by atoms with Crippen molar-refractivity contribution >= 4 is 34.0 Å². The Bertz CT molecular complexity index is 1080. The lowest BCUT2D eigenvalue weighted by molar-refractivity contribution is -0.120. The molecule has 2 aliphatic heterocycles. The first kappa shape index (κ1) is 19.0. The Morgan fingerprint density at radius 2 is 2.07 bits per heavy atom. The number of aryl methyl sites for hydroxylation is 1. The van der Waals surface area contributed by atoms with E-state index in [4.69, 9.17) is 4.42 Å². The Morgan fingerprint density at radius 3 is 2.93 bits per heavy atom. The quantitative estimate of drug-likeness (QED) is 0.698. The van der Waals surface area contributed by atoms with Gasteiger partial charge in [-0.05, 0) is 30.5 Å². The predicted molar refractivity (Wildman–Crippen MR) is 115 cm³/mol. The van der Waals surface area contributed by atoms with Crippen molar-refractivity contribution in [2.45, 2.75) is 25.8 Å². The summed E-state index contributed by atoms with van der Waals surface area (Å²) < 4.78 is 4.96. The van der Waals surface area contributed by atoms with E-state index in [9.17, 15) is 9.59 Å². The number of hydrogen-bond donors (Lipinski definition) is 1. The predicted octanol–water partition coefficient (Wildman–Crippen LogP) is 3.33. The monoisotopic (exact) mass is 422 g/mol. The van der Waals surface area contributed by atoms with Gasteiger partial charge in [0, 0.05) is 36.6 Å². The van der Waals surface area contributed by atoms with Crippen LogP contribution in [0.1, 0.15) is 32.9 Å². The Morgan fingerprint density at radius 1 is 1.17 bits per heavy atom. The van der Waals surface area contributed by atoms with Gasteiger partial charge >= 0.3 is 0 Å². The summed E-state index contributed by atoms with van der Waals surface area (Å²) in [6, 6.07) is 9.80. The van der Waals surface area contributed by atoms with E-state index in [1.54, 1.807) is 6.07 Å². The molecular formula is C22H22N4O3S. The van der Waals surface area contributed by atoms with Gasteiger partial charge in [-0.2, -0.15) is 0 Å². The minimum Gasteiger partial charge on any atom is -0.472 e. The van der Waals surface area contributed by atoms with Gasteiger partial charge in [-0.15, -0.1) is 11.3 Å². The van der Waals surface area contributed by atoms with Gasteiger partial charge in [0.2, 0.25) is 5.91 Å². The number of para-hydroxylation sites is 1. The lowest BCUT2D eigenvalue weighted by Gasteiger charge is -2.32. The molecule has 2 aromatic heterocycles. The number of fused-ring (bicyclic) bond motifs is 2. The van der Waals surface area contributed by atoms with Gasteiger partial charge in [-0.3, -0.25) is 19.8 Å². The normalized spacial score (nSPS) is 16.1. The van der Waals surface area contributed by atoms with Crippen LogP contribution in [0.2, 0.25) is 0 Å². The third kappa shape index (κ3) is 3.76. The lowest BCUT2D eigenvalue weighted by Crippen LogP contribution is -2.44. The molecule has 154 valence electrons. The molecule has 0 fully saturated rings. The number of carbonyl (C=O) groups excluding carboxylic acids is 2. The summed E-state index contributed by atoms with van der Waals surface area (Å²) in [5.41, 5.74) is 3.78. The number of aromatic nitrogens is 1. The summed E-state index contributed by atoms with van der Waals surface area (Å²) >= 11 is 1.48. The number of nitrogens with zero attached hydrogens (tertiary/aromatic N) is 3. The van der Waals surface area contributed by atoms with Crippen molar-refractivity contribution in [1.82, 2.24) is 9.88 Å². The molecule has 30 heavy (non-hydrogen) atoms. The van der Waals surface area contributed by atoms with Crippen LogP contribution in [0, 0.1) is 0 Å². The zero-order valence-electron chi connectivity index (χ0n) is 16.5. The maximum atomic E-state index is 13.0. The first-order chi connectivity index (χ1) is 14.7. The zero-order valence-corrected chi connectivity index (χ0v) is 17.3. The van der Waals surface area contributed by atoms with Crippen LogP contribution in [0.3, 0.4) is 0 Å². The van der Waals surface area contributed by atoms with Crippen LogP contribution in [-0.4, -0.2) is 41.3 Å². The van der Waals surface area contributed by atoms with Gasteiger partial charge in [0.15, 0.2) is 5.13 Å². The highest BCUT2D eigenvalue weighted by Gasteiger charge is 2.27. The molecule has 0 bridgehead atoms. The molecule has 0 atom stereocenters. The fourth-order valence-corrected chi connectivity index (χ4v) is 5.11. The van der Waals surface area contributed by atoms with E-state index in [0.717, 1.165) is 48.6 Å². The maximum absolute atomic E-state index is 13.0. The SMILES string of the molecule is O=C(Nc1nc2c(s1)CN(CC(=O)N1CCCc3ccccc31)CC2)c1ccoc1. The number of anilines is 2. The molecule has 0 unspecified atom stereocenters. The second kappa shape index (κ2) is 8.04. The third-order valence-corrected chi connectivity index (χ3v) is 6.58. The smallest absolute Gasteiger partial charge is 0.260 e. The van der Waals surface area contributed by atoms with E-state index >= 15 is 0 Å². The maximum Gasteiger partial charge on any atom is 0.260 e. The highest BCUT2D eigenvalue weighted by atomic mass is 32.1. The van der Waals surface area contributed by atoms with E-state index in [0.29, 0.717) is 23.8 Å². The Kier molecular flexibility index (Phi) is 5.10. The Hall–Kier alpha value is -2.97. The molecular weight excluding hydrogens is 400 g/mol. The summed E-state index contributed by atoms with van der Waals surface area (Å²) in [5, 5.41) is 3.42. The van der Waals surface area contributed by atoms with Gasteiger partial charge in [-0.1, -0.05) is 18.2 Å². The van der Waals surface area contributed by atoms with Crippen LogP contribution in [0.15, 0.2) is 47.3 Å². The van der Waals surface area contributed by atoms with Crippen molar-refractivity contribution in [3.05, 3.63) is 64.6 Å². The fourth-order valence-electron chi connectivity index (χ4n) is 4.07. The van der Waals surface area contributed by atoms with Crippen LogP contribution >= 0.6 is 11.3 Å². The van der Waals surface area contributed by atoms with E-state index in [1.165, 1.54) is 29.4 Å². The van der Waals surface area contributed by atoms with Gasteiger partial charge in [0.05, 0.1) is 24.1 Å². The number of thiazole rings is 1. The molecule has 0 spiro atoms. The van der Waals surface area contributed by atoms with E-state index < -0.39 is 0 Å². The summed E-state index contributed by atoms with van der Waals surface area (Å²) in [4.78, 5) is 35.0. The second-order valence-electron chi connectivity index (χ2n) is 7.59. The van der Waals surface area contributed by atoms with Crippen molar-refractivity contribution in [2.75, 3.05) is 29.9 Å². The molecule has 5 rings (SSSR count). The molecule has 1 aromatic carbocycles. The van der Waals surface area contributed by atoms with Gasteiger partial charge in [0.25, 0.3) is 5.91 Å². The number of carbonyl (C=O) groups is 2. The molecule has 0 saturated carbocycles. The van der Waals surface area contributed by atoms with Crippen molar-refractivity contribution in [2.24, 2.45) is 0 Å². The topological polar surface area (TPSA) is 78.7 Å². The molecule has 4 heterocycles. The highest BCUT2D eigenvalue weighted by Crippen LogP contribution is 2.30. The van der Waals surface area contributed by atoms with Crippen molar-refractivity contribution in [1.29, 1.82) is 0 Å². The molecule has 0 saturated heterocycles. The molecule has 8 heteroatoms. The molecule has 3 aromatic rings. The summed E-state index contributed by atoms with van der Waals surface area (Å²) in [7, 11) is 0. The van der Waals surface area contributed by atoms with E-state index in [2.05, 4.69) is 21.3 Å². The van der Waals surface area contributed by atoms with Crippen LogP contribution in [-0.2, 0) is 24.2 Å². The Balaban J connectivity index is 1.24. The van der Waals surface area contributed by atoms with Crippen molar-refractivity contribution < 1.29 is 14.0 Å². The van der Waals surface area contributed by atoms with Crippen molar-refractivity contribution in [3.63, 3.8) is 0 Å². The largest absolute Gasteiger partial charge is 0.472 e. The number of amides is 2. The number of furan rings is 1. The first-order valence-electron chi connectivity index (χ1n) is 10.1. The Labute approximate surface area is 178 Å². The third-order valence-electron chi connectivity index (χ3n) is 5.58.